The summed E-state index contributed by atoms with van der Waals surface area (Å²) < 4.78 is 5.92. The minimum atomic E-state index is -1.01. The fraction of sp³-hybridized carbons (Fsp3) is 0.0370. The van der Waals surface area contributed by atoms with Crippen molar-refractivity contribution in [3.05, 3.63) is 113 Å². The summed E-state index contributed by atoms with van der Waals surface area (Å²) in [5.41, 5.74) is 2.46. The van der Waals surface area contributed by atoms with E-state index in [-0.39, 0.29) is 11.5 Å². The van der Waals surface area contributed by atoms with Crippen LogP contribution in [0.3, 0.4) is 0 Å². The van der Waals surface area contributed by atoms with Gasteiger partial charge in [-0.1, -0.05) is 36.4 Å². The third-order valence-corrected chi connectivity index (χ3v) is 6.23. The Labute approximate surface area is 205 Å². The van der Waals surface area contributed by atoms with Crippen LogP contribution in [0.25, 0.3) is 17.4 Å². The Morgan fingerprint density at radius 2 is 1.91 bits per heavy atom. The highest BCUT2D eigenvalue weighted by Gasteiger charge is 2.34. The standard InChI is InChI=1S/C27H19N3O4S/c31-25-24(15-22-11-12-23(34-22)19-7-4-8-20(14-19)26(32)33)35-27(29-21-9-2-1-3-10-21)30(25)17-18-6-5-13-28-16-18/h1-16H,17H2,(H,32,33)/b24-15-,29-27?. The number of nitrogens with zero attached hydrogens (tertiary/aromatic N) is 3. The number of aromatic carboxylic acids is 1. The van der Waals surface area contributed by atoms with Gasteiger partial charge in [0.1, 0.15) is 11.5 Å². The van der Waals surface area contributed by atoms with Crippen molar-refractivity contribution in [3.8, 4) is 11.3 Å². The normalized spacial score (nSPS) is 15.8. The Hall–Kier alpha value is -4.43. The molecule has 0 atom stereocenters. The number of benzene rings is 2. The van der Waals surface area contributed by atoms with E-state index >= 15 is 0 Å². The monoisotopic (exact) mass is 481 g/mol. The molecule has 0 bridgehead atoms. The largest absolute Gasteiger partial charge is 0.478 e. The van der Waals surface area contributed by atoms with Gasteiger partial charge in [0, 0.05) is 24.0 Å². The van der Waals surface area contributed by atoms with Gasteiger partial charge in [-0.15, -0.1) is 0 Å². The highest BCUT2D eigenvalue weighted by atomic mass is 32.2. The van der Waals surface area contributed by atoms with Crippen molar-refractivity contribution in [2.75, 3.05) is 0 Å². The van der Waals surface area contributed by atoms with Crippen molar-refractivity contribution in [2.45, 2.75) is 6.54 Å². The third kappa shape index (κ3) is 5.07. The van der Waals surface area contributed by atoms with E-state index in [1.807, 2.05) is 42.5 Å². The van der Waals surface area contributed by atoms with Crippen molar-refractivity contribution in [1.29, 1.82) is 0 Å². The molecular formula is C27H19N3O4S. The summed E-state index contributed by atoms with van der Waals surface area (Å²) in [6.45, 7) is 0.341. The van der Waals surface area contributed by atoms with Crippen LogP contribution in [0, 0.1) is 0 Å². The number of pyridine rings is 1. The number of carbonyl (C=O) groups excluding carboxylic acids is 1. The first-order valence-electron chi connectivity index (χ1n) is 10.7. The van der Waals surface area contributed by atoms with E-state index in [9.17, 15) is 14.7 Å². The minimum absolute atomic E-state index is 0.174. The quantitative estimate of drug-likeness (QED) is 0.347. The number of carboxylic acids is 1. The number of carbonyl (C=O) groups is 2. The molecule has 172 valence electrons. The number of thioether (sulfide) groups is 1. The second kappa shape index (κ2) is 9.82. The molecule has 2 aromatic heterocycles. The number of para-hydroxylation sites is 1. The molecule has 0 spiro atoms. The van der Waals surface area contributed by atoms with Crippen LogP contribution >= 0.6 is 11.8 Å². The third-order valence-electron chi connectivity index (χ3n) is 5.23. The second-order valence-corrected chi connectivity index (χ2v) is 8.69. The number of aromatic nitrogens is 1. The molecule has 4 aromatic rings. The molecule has 1 amide bonds. The number of aliphatic imine (C=N–C) groups is 1. The Morgan fingerprint density at radius 3 is 2.69 bits per heavy atom. The van der Waals surface area contributed by atoms with E-state index in [1.165, 1.54) is 17.8 Å². The first-order valence-corrected chi connectivity index (χ1v) is 11.6. The zero-order chi connectivity index (χ0) is 24.2. The Bertz CT molecular complexity index is 1450. The maximum Gasteiger partial charge on any atom is 0.335 e. The SMILES string of the molecule is O=C(O)c1cccc(-c2ccc(/C=C3\SC(=Nc4ccccc4)N(Cc4cccnc4)C3=O)o2)c1. The number of carboxylic acid groups (broad SMARTS) is 1. The van der Waals surface area contributed by atoms with Gasteiger partial charge in [-0.05, 0) is 59.8 Å². The number of rotatable bonds is 6. The molecule has 1 aliphatic heterocycles. The molecule has 35 heavy (non-hydrogen) atoms. The summed E-state index contributed by atoms with van der Waals surface area (Å²) in [6.07, 6.45) is 5.10. The number of hydrogen-bond acceptors (Lipinski definition) is 6. The molecule has 8 heteroatoms. The molecule has 1 N–H and O–H groups in total. The smallest absolute Gasteiger partial charge is 0.335 e. The molecular weight excluding hydrogens is 462 g/mol. The second-order valence-electron chi connectivity index (χ2n) is 7.68. The summed E-state index contributed by atoms with van der Waals surface area (Å²) in [6, 6.07) is 23.2. The van der Waals surface area contributed by atoms with E-state index in [0.29, 0.717) is 33.7 Å². The Kier molecular flexibility index (Phi) is 6.28. The molecule has 1 aliphatic rings. The maximum atomic E-state index is 13.3. The summed E-state index contributed by atoms with van der Waals surface area (Å²) >= 11 is 1.28. The van der Waals surface area contributed by atoms with Gasteiger partial charge in [-0.25, -0.2) is 9.79 Å². The zero-order valence-corrected chi connectivity index (χ0v) is 19.2. The van der Waals surface area contributed by atoms with E-state index < -0.39 is 5.97 Å². The Morgan fingerprint density at radius 1 is 1.06 bits per heavy atom. The number of hydrogen-bond donors (Lipinski definition) is 1. The van der Waals surface area contributed by atoms with Crippen molar-refractivity contribution in [1.82, 2.24) is 9.88 Å². The molecule has 2 aromatic carbocycles. The van der Waals surface area contributed by atoms with Gasteiger partial charge >= 0.3 is 5.97 Å². The summed E-state index contributed by atoms with van der Waals surface area (Å²) in [5.74, 6) is -0.188. The van der Waals surface area contributed by atoms with Crippen LogP contribution in [-0.2, 0) is 11.3 Å². The van der Waals surface area contributed by atoms with Crippen LogP contribution in [-0.4, -0.2) is 32.0 Å². The molecule has 3 heterocycles. The molecule has 7 nitrogen and oxygen atoms in total. The molecule has 0 unspecified atom stereocenters. The average molecular weight is 482 g/mol. The fourth-order valence-electron chi connectivity index (χ4n) is 3.54. The first kappa shape index (κ1) is 22.4. The lowest BCUT2D eigenvalue weighted by Crippen LogP contribution is -2.28. The van der Waals surface area contributed by atoms with Gasteiger partial charge in [-0.2, -0.15) is 0 Å². The number of furan rings is 1. The van der Waals surface area contributed by atoms with Gasteiger partial charge in [0.15, 0.2) is 5.17 Å². The van der Waals surface area contributed by atoms with Crippen LogP contribution in [0.15, 0.2) is 106 Å². The van der Waals surface area contributed by atoms with E-state index in [4.69, 9.17) is 9.41 Å². The lowest BCUT2D eigenvalue weighted by atomic mass is 10.1. The maximum absolute atomic E-state index is 13.3. The van der Waals surface area contributed by atoms with Crippen molar-refractivity contribution >= 4 is 40.6 Å². The van der Waals surface area contributed by atoms with Gasteiger partial charge in [0.05, 0.1) is 22.7 Å². The van der Waals surface area contributed by atoms with Gasteiger partial charge in [0.25, 0.3) is 5.91 Å². The zero-order valence-electron chi connectivity index (χ0n) is 18.4. The van der Waals surface area contributed by atoms with Crippen LogP contribution in [0.1, 0.15) is 21.7 Å². The molecule has 5 rings (SSSR count). The average Bonchev–Trinajstić information content (AvgIpc) is 3.46. The van der Waals surface area contributed by atoms with Crippen molar-refractivity contribution < 1.29 is 19.1 Å². The van der Waals surface area contributed by atoms with Gasteiger partial charge in [0.2, 0.25) is 0 Å². The van der Waals surface area contributed by atoms with Gasteiger partial charge in [-0.3, -0.25) is 14.7 Å². The van der Waals surface area contributed by atoms with Crippen LogP contribution in [0.2, 0.25) is 0 Å². The number of amidine groups is 1. The van der Waals surface area contributed by atoms with Crippen LogP contribution < -0.4 is 0 Å². The molecule has 0 aliphatic carbocycles. The van der Waals surface area contributed by atoms with Crippen LogP contribution in [0.4, 0.5) is 5.69 Å². The fourth-order valence-corrected chi connectivity index (χ4v) is 4.52. The van der Waals surface area contributed by atoms with E-state index in [0.717, 1.165) is 11.3 Å². The summed E-state index contributed by atoms with van der Waals surface area (Å²) in [5, 5.41) is 9.81. The van der Waals surface area contributed by atoms with Crippen molar-refractivity contribution in [3.63, 3.8) is 0 Å². The van der Waals surface area contributed by atoms with E-state index in [2.05, 4.69) is 4.98 Å². The topological polar surface area (TPSA) is 96.0 Å². The van der Waals surface area contributed by atoms with Crippen molar-refractivity contribution in [2.24, 2.45) is 4.99 Å². The molecule has 1 saturated heterocycles. The summed E-state index contributed by atoms with van der Waals surface area (Å²) in [4.78, 5) is 35.6. The lowest BCUT2D eigenvalue weighted by Gasteiger charge is -2.15. The predicted octanol–water partition coefficient (Wildman–Crippen LogP) is 5.84. The summed E-state index contributed by atoms with van der Waals surface area (Å²) in [7, 11) is 0. The molecule has 0 saturated carbocycles. The molecule has 1 fully saturated rings. The first-order chi connectivity index (χ1) is 17.1. The molecule has 0 radical (unpaired) electrons. The highest BCUT2D eigenvalue weighted by molar-refractivity contribution is 8.18. The lowest BCUT2D eigenvalue weighted by molar-refractivity contribution is -0.122. The predicted molar refractivity (Wildman–Crippen MR) is 135 cm³/mol. The van der Waals surface area contributed by atoms with E-state index in [1.54, 1.807) is 53.7 Å². The highest BCUT2D eigenvalue weighted by Crippen LogP contribution is 2.36. The Balaban J connectivity index is 1.45. The minimum Gasteiger partial charge on any atom is -0.478 e. The number of amides is 1. The van der Waals surface area contributed by atoms with Gasteiger partial charge < -0.3 is 9.52 Å². The van der Waals surface area contributed by atoms with Crippen LogP contribution in [0.5, 0.6) is 0 Å².